The zero-order chi connectivity index (χ0) is 13.4. The SMILES string of the molecule is C=Cc1ccc2onc(N3CCC(=O)NC3=O)c2c1. The maximum Gasteiger partial charge on any atom is 0.329 e. The summed E-state index contributed by atoms with van der Waals surface area (Å²) in [5, 5.41) is 6.90. The largest absolute Gasteiger partial charge is 0.354 e. The number of rotatable bonds is 2. The third kappa shape index (κ3) is 1.87. The molecule has 3 rings (SSSR count). The first-order valence-electron chi connectivity index (χ1n) is 5.82. The molecule has 1 fully saturated rings. The van der Waals surface area contributed by atoms with Crippen molar-refractivity contribution in [3.05, 3.63) is 30.3 Å². The molecule has 2 heterocycles. The van der Waals surface area contributed by atoms with E-state index in [0.717, 1.165) is 10.9 Å². The normalized spacial score (nSPS) is 15.7. The molecule has 1 aromatic heterocycles. The molecule has 1 N–H and O–H groups in total. The molecule has 1 aliphatic rings. The lowest BCUT2D eigenvalue weighted by Crippen LogP contribution is -2.49. The number of amides is 3. The molecule has 0 radical (unpaired) electrons. The van der Waals surface area contributed by atoms with Crippen LogP contribution in [0, 0.1) is 0 Å². The number of carbonyl (C=O) groups is 2. The fourth-order valence-electron chi connectivity index (χ4n) is 2.03. The molecule has 0 spiro atoms. The van der Waals surface area contributed by atoms with Crippen molar-refractivity contribution in [2.75, 3.05) is 11.4 Å². The second kappa shape index (κ2) is 4.24. The smallest absolute Gasteiger partial charge is 0.329 e. The average molecular weight is 257 g/mol. The molecule has 3 amide bonds. The van der Waals surface area contributed by atoms with Crippen LogP contribution in [0.4, 0.5) is 10.6 Å². The third-order valence-electron chi connectivity index (χ3n) is 3.02. The summed E-state index contributed by atoms with van der Waals surface area (Å²) >= 11 is 0. The summed E-state index contributed by atoms with van der Waals surface area (Å²) in [6, 6.07) is 4.99. The van der Waals surface area contributed by atoms with Gasteiger partial charge in [-0.15, -0.1) is 0 Å². The molecule has 1 aromatic carbocycles. The van der Waals surface area contributed by atoms with Crippen LogP contribution >= 0.6 is 0 Å². The molecule has 0 aliphatic carbocycles. The average Bonchev–Trinajstić information content (AvgIpc) is 2.81. The lowest BCUT2D eigenvalue weighted by Gasteiger charge is -2.24. The monoisotopic (exact) mass is 257 g/mol. The second-order valence-corrected chi connectivity index (χ2v) is 4.22. The van der Waals surface area contributed by atoms with Crippen LogP contribution in [0.1, 0.15) is 12.0 Å². The lowest BCUT2D eigenvalue weighted by molar-refractivity contribution is -0.120. The van der Waals surface area contributed by atoms with Crippen LogP contribution in [0.2, 0.25) is 0 Å². The number of hydrogen-bond acceptors (Lipinski definition) is 4. The van der Waals surface area contributed by atoms with Crippen molar-refractivity contribution >= 4 is 34.8 Å². The summed E-state index contributed by atoms with van der Waals surface area (Å²) in [4.78, 5) is 24.3. The molecular formula is C13H11N3O3. The Morgan fingerprint density at radius 3 is 3.00 bits per heavy atom. The molecule has 0 saturated carbocycles. The van der Waals surface area contributed by atoms with E-state index in [1.165, 1.54) is 4.90 Å². The van der Waals surface area contributed by atoms with E-state index in [1.54, 1.807) is 12.1 Å². The van der Waals surface area contributed by atoms with Crippen LogP contribution in [0.25, 0.3) is 17.0 Å². The van der Waals surface area contributed by atoms with Gasteiger partial charge in [0, 0.05) is 13.0 Å². The van der Waals surface area contributed by atoms with Crippen molar-refractivity contribution in [3.63, 3.8) is 0 Å². The number of aromatic nitrogens is 1. The summed E-state index contributed by atoms with van der Waals surface area (Å²) < 4.78 is 5.19. The minimum absolute atomic E-state index is 0.251. The Hall–Kier alpha value is -2.63. The maximum atomic E-state index is 11.8. The van der Waals surface area contributed by atoms with Gasteiger partial charge in [0.15, 0.2) is 11.4 Å². The van der Waals surface area contributed by atoms with E-state index in [0.29, 0.717) is 17.9 Å². The topological polar surface area (TPSA) is 75.4 Å². The zero-order valence-corrected chi connectivity index (χ0v) is 10.0. The van der Waals surface area contributed by atoms with E-state index < -0.39 is 6.03 Å². The first kappa shape index (κ1) is 11.5. The van der Waals surface area contributed by atoms with Gasteiger partial charge in [-0.2, -0.15) is 0 Å². The van der Waals surface area contributed by atoms with Crippen LogP contribution in [-0.2, 0) is 4.79 Å². The standard InChI is InChI=1S/C13H11N3O3/c1-2-8-3-4-10-9(7-8)12(15-19-10)16-6-5-11(17)14-13(16)18/h2-4,7H,1,5-6H2,(H,14,17,18). The molecule has 0 atom stereocenters. The van der Waals surface area contributed by atoms with E-state index in [-0.39, 0.29) is 12.3 Å². The summed E-state index contributed by atoms with van der Waals surface area (Å²) in [5.41, 5.74) is 1.50. The number of anilines is 1. The first-order chi connectivity index (χ1) is 9.19. The summed E-state index contributed by atoms with van der Waals surface area (Å²) in [5.74, 6) is 0.143. The quantitative estimate of drug-likeness (QED) is 0.891. The number of hydrogen-bond donors (Lipinski definition) is 1. The molecule has 0 unspecified atom stereocenters. The summed E-state index contributed by atoms with van der Waals surface area (Å²) in [6.45, 7) is 4.00. The van der Waals surface area contributed by atoms with E-state index in [2.05, 4.69) is 17.1 Å². The van der Waals surface area contributed by atoms with Gasteiger partial charge >= 0.3 is 6.03 Å². The number of nitrogens with zero attached hydrogens (tertiary/aromatic N) is 2. The number of imide groups is 1. The number of fused-ring (bicyclic) bond motifs is 1. The van der Waals surface area contributed by atoms with Crippen molar-refractivity contribution in [2.24, 2.45) is 0 Å². The van der Waals surface area contributed by atoms with Crippen LogP contribution in [-0.4, -0.2) is 23.6 Å². The van der Waals surface area contributed by atoms with Crippen molar-refractivity contribution in [3.8, 4) is 0 Å². The van der Waals surface area contributed by atoms with Gasteiger partial charge in [-0.3, -0.25) is 15.0 Å². The Balaban J connectivity index is 2.07. The van der Waals surface area contributed by atoms with Crippen LogP contribution in [0.15, 0.2) is 29.3 Å². The van der Waals surface area contributed by atoms with Gasteiger partial charge in [0.25, 0.3) is 0 Å². The second-order valence-electron chi connectivity index (χ2n) is 4.22. The third-order valence-corrected chi connectivity index (χ3v) is 3.02. The van der Waals surface area contributed by atoms with Crippen molar-refractivity contribution < 1.29 is 14.1 Å². The van der Waals surface area contributed by atoms with E-state index in [1.807, 2.05) is 12.1 Å². The number of nitrogens with one attached hydrogen (secondary N) is 1. The molecule has 0 bridgehead atoms. The minimum atomic E-state index is -0.476. The minimum Gasteiger partial charge on any atom is -0.354 e. The van der Waals surface area contributed by atoms with Crippen molar-refractivity contribution in [1.82, 2.24) is 10.5 Å². The fraction of sp³-hybridized carbons (Fsp3) is 0.154. The summed E-state index contributed by atoms with van der Waals surface area (Å²) in [7, 11) is 0. The highest BCUT2D eigenvalue weighted by atomic mass is 16.5. The van der Waals surface area contributed by atoms with Crippen LogP contribution < -0.4 is 10.2 Å². The van der Waals surface area contributed by atoms with E-state index in [9.17, 15) is 9.59 Å². The Bertz CT molecular complexity index is 689. The predicted molar refractivity (Wildman–Crippen MR) is 69.6 cm³/mol. The molecule has 6 heteroatoms. The van der Waals surface area contributed by atoms with Gasteiger partial charge in [-0.25, -0.2) is 4.79 Å². The maximum absolute atomic E-state index is 11.8. The van der Waals surface area contributed by atoms with E-state index in [4.69, 9.17) is 4.52 Å². The molecule has 19 heavy (non-hydrogen) atoms. The van der Waals surface area contributed by atoms with Gasteiger partial charge in [0.2, 0.25) is 5.91 Å². The first-order valence-corrected chi connectivity index (χ1v) is 5.82. The predicted octanol–water partition coefficient (Wildman–Crippen LogP) is 1.92. The highest BCUT2D eigenvalue weighted by molar-refractivity contribution is 6.08. The molecular weight excluding hydrogens is 246 g/mol. The van der Waals surface area contributed by atoms with Gasteiger partial charge in [0.1, 0.15) is 0 Å². The Labute approximate surface area is 108 Å². The Kier molecular flexibility index (Phi) is 2.56. The molecule has 1 aliphatic heterocycles. The highest BCUT2D eigenvalue weighted by Gasteiger charge is 2.28. The molecule has 1 saturated heterocycles. The number of urea groups is 1. The Morgan fingerprint density at radius 2 is 2.26 bits per heavy atom. The van der Waals surface area contributed by atoms with Gasteiger partial charge in [-0.05, 0) is 17.7 Å². The summed E-state index contributed by atoms with van der Waals surface area (Å²) in [6.07, 6.45) is 1.96. The van der Waals surface area contributed by atoms with Gasteiger partial charge < -0.3 is 4.52 Å². The highest BCUT2D eigenvalue weighted by Crippen LogP contribution is 2.28. The lowest BCUT2D eigenvalue weighted by atomic mass is 10.1. The van der Waals surface area contributed by atoms with Gasteiger partial charge in [0.05, 0.1) is 5.39 Å². The Morgan fingerprint density at radius 1 is 1.42 bits per heavy atom. The fourth-order valence-corrected chi connectivity index (χ4v) is 2.03. The molecule has 96 valence electrons. The molecule has 6 nitrogen and oxygen atoms in total. The van der Waals surface area contributed by atoms with Crippen molar-refractivity contribution in [2.45, 2.75) is 6.42 Å². The number of benzene rings is 1. The zero-order valence-electron chi connectivity index (χ0n) is 10.0. The van der Waals surface area contributed by atoms with Gasteiger partial charge in [-0.1, -0.05) is 23.9 Å². The van der Waals surface area contributed by atoms with Crippen LogP contribution in [0.3, 0.4) is 0 Å². The van der Waals surface area contributed by atoms with Crippen molar-refractivity contribution in [1.29, 1.82) is 0 Å². The molecule has 2 aromatic rings. The number of carbonyl (C=O) groups excluding carboxylic acids is 2. The van der Waals surface area contributed by atoms with Crippen LogP contribution in [0.5, 0.6) is 0 Å². The van der Waals surface area contributed by atoms with E-state index >= 15 is 0 Å².